The lowest BCUT2D eigenvalue weighted by Gasteiger charge is -2.17. The van der Waals surface area contributed by atoms with Crippen molar-refractivity contribution in [1.29, 1.82) is 0 Å². The number of H-pyrrole nitrogens is 1. The van der Waals surface area contributed by atoms with Crippen molar-refractivity contribution < 1.29 is 9.53 Å². The largest absolute Gasteiger partial charge is 0.465 e. The number of hydrogen-bond acceptors (Lipinski definition) is 4. The van der Waals surface area contributed by atoms with Gasteiger partial charge in [-0.2, -0.15) is 0 Å². The lowest BCUT2D eigenvalue weighted by atomic mass is 10.2. The molecule has 0 radical (unpaired) electrons. The average molecular weight is 459 g/mol. The van der Waals surface area contributed by atoms with E-state index in [4.69, 9.17) is 4.74 Å². The second-order valence-electron chi connectivity index (χ2n) is 5.73. The molecule has 0 spiro atoms. The van der Waals surface area contributed by atoms with Gasteiger partial charge in [0.05, 0.1) is 12.3 Å². The molecule has 0 aliphatic heterocycles. The van der Waals surface area contributed by atoms with Crippen molar-refractivity contribution in [3.63, 3.8) is 0 Å². The number of anilines is 1. The van der Waals surface area contributed by atoms with Crippen LogP contribution in [0.3, 0.4) is 0 Å². The van der Waals surface area contributed by atoms with Gasteiger partial charge in [0.1, 0.15) is 12.2 Å². The molecular weight excluding hydrogens is 441 g/mol. The van der Waals surface area contributed by atoms with Crippen LogP contribution in [0.4, 0.5) is 5.69 Å². The highest BCUT2D eigenvalue weighted by atomic mass is 127. The van der Waals surface area contributed by atoms with E-state index in [2.05, 4.69) is 50.5 Å². The van der Waals surface area contributed by atoms with Crippen LogP contribution in [0.15, 0.2) is 42.6 Å². The number of hydrogen-bond donors (Lipinski definition) is 1. The first-order valence-electron chi connectivity index (χ1n) is 8.18. The summed E-state index contributed by atoms with van der Waals surface area (Å²) < 4.78 is 6.06. The number of rotatable bonds is 4. The highest BCUT2D eigenvalue weighted by Crippen LogP contribution is 2.16. The zero-order valence-electron chi connectivity index (χ0n) is 14.5. The molecule has 6 heteroatoms. The fraction of sp³-hybridized carbons (Fsp3) is 0.200. The Hall–Kier alpha value is -2.53. The van der Waals surface area contributed by atoms with Crippen LogP contribution >= 0.6 is 22.6 Å². The van der Waals surface area contributed by atoms with Crippen molar-refractivity contribution in [1.82, 2.24) is 9.97 Å². The molecule has 0 aliphatic rings. The van der Waals surface area contributed by atoms with Gasteiger partial charge in [0.15, 0.2) is 0 Å². The van der Waals surface area contributed by atoms with Gasteiger partial charge in [0, 0.05) is 33.5 Å². The summed E-state index contributed by atoms with van der Waals surface area (Å²) in [5.41, 5.74) is 3.51. The maximum absolute atomic E-state index is 11.6. The fourth-order valence-corrected chi connectivity index (χ4v) is 2.96. The average Bonchev–Trinajstić information content (AvgIpc) is 3.02. The Morgan fingerprint density at radius 2 is 2.04 bits per heavy atom. The molecule has 0 fully saturated rings. The van der Waals surface area contributed by atoms with E-state index in [1.54, 1.807) is 6.92 Å². The van der Waals surface area contributed by atoms with Gasteiger partial charge in [0.2, 0.25) is 0 Å². The van der Waals surface area contributed by atoms with Crippen LogP contribution in [0.2, 0.25) is 0 Å². The minimum atomic E-state index is -0.235. The van der Waals surface area contributed by atoms with E-state index in [0.29, 0.717) is 6.61 Å². The summed E-state index contributed by atoms with van der Waals surface area (Å²) in [4.78, 5) is 21.0. The van der Waals surface area contributed by atoms with Gasteiger partial charge in [0.25, 0.3) is 0 Å². The Kier molecular flexibility index (Phi) is 5.78. The molecule has 0 aliphatic carbocycles. The summed E-state index contributed by atoms with van der Waals surface area (Å²) in [6, 6.07) is 11.8. The number of aromatic nitrogens is 2. The number of likely N-dealkylation sites (N-methyl/N-ethyl adjacent to an activating group) is 1. The summed E-state index contributed by atoms with van der Waals surface area (Å²) in [6.07, 6.45) is 1.82. The van der Waals surface area contributed by atoms with Crippen LogP contribution < -0.4 is 4.90 Å². The second kappa shape index (κ2) is 8.23. The minimum Gasteiger partial charge on any atom is -0.465 e. The topological polar surface area (TPSA) is 58.2 Å². The molecule has 26 heavy (non-hydrogen) atoms. The van der Waals surface area contributed by atoms with Crippen molar-refractivity contribution in [2.24, 2.45) is 0 Å². The normalized spacial score (nSPS) is 10.3. The monoisotopic (exact) mass is 459 g/mol. The Morgan fingerprint density at radius 1 is 1.27 bits per heavy atom. The molecule has 3 rings (SSSR count). The number of nitrogens with zero attached hydrogens (tertiary/aromatic N) is 2. The maximum Gasteiger partial charge on any atom is 0.325 e. The lowest BCUT2D eigenvalue weighted by molar-refractivity contribution is -0.141. The van der Waals surface area contributed by atoms with E-state index in [-0.39, 0.29) is 12.5 Å². The number of carbonyl (C=O) groups excluding carboxylic acids is 1. The number of halogens is 1. The van der Waals surface area contributed by atoms with E-state index >= 15 is 0 Å². The number of aromatic amines is 1. The second-order valence-corrected chi connectivity index (χ2v) is 6.98. The molecule has 0 saturated heterocycles. The number of carbonyl (C=O) groups is 1. The number of fused-ring (bicyclic) bond motifs is 1. The van der Waals surface area contributed by atoms with E-state index in [1.807, 2.05) is 48.5 Å². The van der Waals surface area contributed by atoms with Gasteiger partial charge in [-0.3, -0.25) is 4.79 Å². The fourth-order valence-electron chi connectivity index (χ4n) is 2.49. The molecule has 0 saturated carbocycles. The van der Waals surface area contributed by atoms with Crippen LogP contribution in [-0.2, 0) is 9.53 Å². The van der Waals surface area contributed by atoms with Crippen LogP contribution in [0.5, 0.6) is 0 Å². The minimum absolute atomic E-state index is 0.222. The predicted octanol–water partition coefficient (Wildman–Crippen LogP) is 3.57. The quantitative estimate of drug-likeness (QED) is 0.368. The van der Waals surface area contributed by atoms with Crippen LogP contribution in [0, 0.1) is 15.4 Å². The van der Waals surface area contributed by atoms with E-state index in [0.717, 1.165) is 31.5 Å². The number of nitrogens with one attached hydrogen (secondary N) is 1. The summed E-state index contributed by atoms with van der Waals surface area (Å²) >= 11 is 2.24. The molecule has 0 bridgehead atoms. The molecule has 1 N–H and O–H groups in total. The smallest absolute Gasteiger partial charge is 0.325 e. The molecular formula is C20H18IN3O2. The Bertz CT molecular complexity index is 984. The third-order valence-corrected chi connectivity index (χ3v) is 4.35. The molecule has 0 unspecified atom stereocenters. The zero-order valence-corrected chi connectivity index (χ0v) is 16.7. The number of benzene rings is 1. The molecule has 1 aromatic carbocycles. The summed E-state index contributed by atoms with van der Waals surface area (Å²) in [7, 11) is 1.86. The molecule has 2 heterocycles. The SMILES string of the molecule is CCOC(=O)CN(C)c1ccc(C#Cc2cc3cc(I)cnc3[nH]2)cc1. The molecule has 0 amide bonds. The number of pyridine rings is 1. The third kappa shape index (κ3) is 4.55. The molecule has 3 aromatic rings. The van der Waals surface area contributed by atoms with Crippen molar-refractivity contribution in [2.75, 3.05) is 25.1 Å². The summed E-state index contributed by atoms with van der Waals surface area (Å²) in [6.45, 7) is 2.42. The third-order valence-electron chi connectivity index (χ3n) is 3.76. The first-order chi connectivity index (χ1) is 12.5. The lowest BCUT2D eigenvalue weighted by Crippen LogP contribution is -2.26. The van der Waals surface area contributed by atoms with E-state index in [9.17, 15) is 4.79 Å². The highest BCUT2D eigenvalue weighted by Gasteiger charge is 2.07. The van der Waals surface area contributed by atoms with Crippen molar-refractivity contribution in [3.05, 3.63) is 57.4 Å². The molecule has 2 aromatic heterocycles. The standard InChI is InChI=1S/C20H18IN3O2/c1-3-26-19(25)13-24(2)18-8-5-14(6-9-18)4-7-17-11-15-10-16(21)12-22-20(15)23-17/h5-6,8-12H,3,13H2,1-2H3,(H,22,23). The van der Waals surface area contributed by atoms with Crippen molar-refractivity contribution in [3.8, 4) is 11.8 Å². The number of ether oxygens (including phenoxy) is 1. The number of esters is 1. The Balaban J connectivity index is 1.71. The van der Waals surface area contributed by atoms with Crippen molar-refractivity contribution >= 4 is 45.3 Å². The maximum atomic E-state index is 11.6. The van der Waals surface area contributed by atoms with Gasteiger partial charge in [-0.1, -0.05) is 5.92 Å². The van der Waals surface area contributed by atoms with E-state index < -0.39 is 0 Å². The van der Waals surface area contributed by atoms with Gasteiger partial charge >= 0.3 is 5.97 Å². The first-order valence-corrected chi connectivity index (χ1v) is 9.26. The molecule has 132 valence electrons. The van der Waals surface area contributed by atoms with Crippen LogP contribution in [0.1, 0.15) is 18.2 Å². The van der Waals surface area contributed by atoms with Gasteiger partial charge < -0.3 is 14.6 Å². The summed E-state index contributed by atoms with van der Waals surface area (Å²) in [5, 5.41) is 1.05. The van der Waals surface area contributed by atoms with Crippen molar-refractivity contribution in [2.45, 2.75) is 6.92 Å². The van der Waals surface area contributed by atoms with E-state index in [1.165, 1.54) is 0 Å². The molecule has 5 nitrogen and oxygen atoms in total. The Morgan fingerprint density at radius 3 is 2.77 bits per heavy atom. The molecule has 0 atom stereocenters. The van der Waals surface area contributed by atoms with Gasteiger partial charge in [-0.15, -0.1) is 0 Å². The predicted molar refractivity (Wildman–Crippen MR) is 111 cm³/mol. The highest BCUT2D eigenvalue weighted by molar-refractivity contribution is 14.1. The summed E-state index contributed by atoms with van der Waals surface area (Å²) in [5.74, 6) is 6.04. The Labute approximate surface area is 165 Å². The van der Waals surface area contributed by atoms with Crippen LogP contribution in [-0.4, -0.2) is 36.1 Å². The first kappa shape index (κ1) is 18.3. The van der Waals surface area contributed by atoms with Crippen LogP contribution in [0.25, 0.3) is 11.0 Å². The van der Waals surface area contributed by atoms with Gasteiger partial charge in [-0.25, -0.2) is 4.98 Å². The zero-order chi connectivity index (χ0) is 18.5. The van der Waals surface area contributed by atoms with Gasteiger partial charge in [-0.05, 0) is 71.8 Å².